The third-order valence-corrected chi connectivity index (χ3v) is 11.2. The van der Waals surface area contributed by atoms with Gasteiger partial charge < -0.3 is 0 Å². The first-order valence-electron chi connectivity index (χ1n) is 15.9. The summed E-state index contributed by atoms with van der Waals surface area (Å²) in [6.07, 6.45) is 18.6. The molecule has 0 bridgehead atoms. The van der Waals surface area contributed by atoms with E-state index in [1.165, 1.54) is 110 Å². The van der Waals surface area contributed by atoms with Crippen LogP contribution in [0.4, 0.5) is 11.4 Å². The molecule has 2 heterocycles. The molecule has 2 fully saturated rings. The van der Waals surface area contributed by atoms with Crippen molar-refractivity contribution in [3.63, 3.8) is 0 Å². The van der Waals surface area contributed by atoms with Crippen molar-refractivity contribution in [2.75, 3.05) is 0 Å². The molecule has 0 aromatic heterocycles. The highest BCUT2D eigenvalue weighted by Gasteiger charge is 2.24. The number of hydrogen-bond donors (Lipinski definition) is 0. The predicted octanol–water partition coefficient (Wildman–Crippen LogP) is 11.1. The van der Waals surface area contributed by atoms with Crippen molar-refractivity contribution in [1.29, 1.82) is 0 Å². The lowest BCUT2D eigenvalue weighted by Gasteiger charge is -2.25. The highest BCUT2D eigenvalue weighted by atomic mass is 32.2. The number of thioether (sulfide) groups is 2. The maximum Gasteiger partial charge on any atom is 0.152 e. The van der Waals surface area contributed by atoms with Crippen molar-refractivity contribution in [3.05, 3.63) is 24.3 Å². The standard InChI is InChI=1S/C36H42N2S2/c1-3-5-7-25-9-13-27(14-10-25)17-23-33-37-29-19-22-32-36-30(20-21-31(39-33)35(29)36)38-34(40-32)24-18-28-15-11-26(12-16-28)8-6-4-2/h19-22,25-28H,3-16H2,1-2H3. The molecule has 2 aromatic rings. The Labute approximate surface area is 250 Å². The van der Waals surface area contributed by atoms with Crippen LogP contribution in [0.5, 0.6) is 0 Å². The Kier molecular flexibility index (Phi) is 9.26. The second kappa shape index (κ2) is 13.2. The summed E-state index contributed by atoms with van der Waals surface area (Å²) in [7, 11) is 0. The van der Waals surface area contributed by atoms with Crippen molar-refractivity contribution in [2.24, 2.45) is 33.7 Å². The van der Waals surface area contributed by atoms with Gasteiger partial charge in [-0.25, -0.2) is 9.98 Å². The topological polar surface area (TPSA) is 24.7 Å². The van der Waals surface area contributed by atoms with E-state index in [2.05, 4.69) is 61.8 Å². The molecule has 0 atom stereocenters. The van der Waals surface area contributed by atoms with E-state index in [0.29, 0.717) is 11.8 Å². The van der Waals surface area contributed by atoms with Gasteiger partial charge in [-0.05, 0) is 99.3 Å². The van der Waals surface area contributed by atoms with Crippen LogP contribution in [0.15, 0.2) is 44.0 Å². The minimum Gasteiger partial charge on any atom is -0.232 e. The van der Waals surface area contributed by atoms with E-state index < -0.39 is 0 Å². The number of nitrogens with zero attached hydrogens (tertiary/aromatic N) is 2. The summed E-state index contributed by atoms with van der Waals surface area (Å²) in [6.45, 7) is 4.59. The maximum absolute atomic E-state index is 5.01. The average molecular weight is 567 g/mol. The lowest BCUT2D eigenvalue weighted by molar-refractivity contribution is 0.296. The predicted molar refractivity (Wildman–Crippen MR) is 175 cm³/mol. The van der Waals surface area contributed by atoms with Crippen LogP contribution in [-0.2, 0) is 0 Å². The van der Waals surface area contributed by atoms with Gasteiger partial charge in [0.25, 0.3) is 0 Å². The van der Waals surface area contributed by atoms with Crippen molar-refractivity contribution >= 4 is 55.8 Å². The zero-order valence-electron chi connectivity index (χ0n) is 24.2. The fourth-order valence-corrected chi connectivity index (χ4v) is 8.65. The Morgan fingerprint density at radius 1 is 0.625 bits per heavy atom. The summed E-state index contributed by atoms with van der Waals surface area (Å²) >= 11 is 3.45. The molecule has 40 heavy (non-hydrogen) atoms. The second-order valence-electron chi connectivity index (χ2n) is 12.2. The summed E-state index contributed by atoms with van der Waals surface area (Å²) in [6, 6.07) is 8.78. The minimum atomic E-state index is 0.527. The molecule has 2 nitrogen and oxygen atoms in total. The van der Waals surface area contributed by atoms with Gasteiger partial charge in [-0.2, -0.15) is 0 Å². The van der Waals surface area contributed by atoms with E-state index >= 15 is 0 Å². The van der Waals surface area contributed by atoms with Gasteiger partial charge in [0.2, 0.25) is 0 Å². The summed E-state index contributed by atoms with van der Waals surface area (Å²) in [5.74, 6) is 17.0. The van der Waals surface area contributed by atoms with E-state index in [9.17, 15) is 0 Å². The van der Waals surface area contributed by atoms with E-state index in [4.69, 9.17) is 9.98 Å². The fourth-order valence-electron chi connectivity index (χ4n) is 6.84. The van der Waals surface area contributed by atoms with Crippen LogP contribution in [0.25, 0.3) is 10.8 Å². The SMILES string of the molecule is CCCCC1CCC(C#CC2=Nc3ccc4c5c(ccc(c35)S2)N=C(C#CC2CCC(CCCC)CC2)S4)CC1. The molecular weight excluding hydrogens is 525 g/mol. The molecule has 2 aliphatic carbocycles. The van der Waals surface area contributed by atoms with E-state index in [-0.39, 0.29) is 0 Å². The summed E-state index contributed by atoms with van der Waals surface area (Å²) in [4.78, 5) is 12.5. The van der Waals surface area contributed by atoms with Gasteiger partial charge in [0, 0.05) is 32.4 Å². The molecule has 2 aromatic carbocycles. The molecule has 6 rings (SSSR count). The van der Waals surface area contributed by atoms with Crippen molar-refractivity contribution in [3.8, 4) is 23.7 Å². The Hall–Kier alpha value is -2.14. The van der Waals surface area contributed by atoms with Gasteiger partial charge in [0.1, 0.15) is 0 Å². The molecule has 0 amide bonds. The van der Waals surface area contributed by atoms with E-state index in [1.807, 2.05) is 0 Å². The molecule has 4 aliphatic rings. The van der Waals surface area contributed by atoms with Crippen LogP contribution in [0.3, 0.4) is 0 Å². The van der Waals surface area contributed by atoms with Crippen LogP contribution in [0.2, 0.25) is 0 Å². The third kappa shape index (κ3) is 6.50. The Morgan fingerprint density at radius 3 is 1.45 bits per heavy atom. The molecule has 4 heteroatoms. The van der Waals surface area contributed by atoms with Gasteiger partial charge in [-0.1, -0.05) is 87.7 Å². The summed E-state index contributed by atoms with van der Waals surface area (Å²) in [5, 5.41) is 4.34. The largest absolute Gasteiger partial charge is 0.232 e. The van der Waals surface area contributed by atoms with E-state index in [0.717, 1.165) is 33.3 Å². The lowest BCUT2D eigenvalue weighted by atomic mass is 9.80. The van der Waals surface area contributed by atoms with Gasteiger partial charge in [0.05, 0.1) is 11.4 Å². The van der Waals surface area contributed by atoms with Crippen molar-refractivity contribution in [2.45, 2.75) is 114 Å². The van der Waals surface area contributed by atoms with Gasteiger partial charge in [-0.15, -0.1) is 0 Å². The van der Waals surface area contributed by atoms with Crippen LogP contribution >= 0.6 is 23.5 Å². The molecule has 0 N–H and O–H groups in total. The molecule has 2 aliphatic heterocycles. The van der Waals surface area contributed by atoms with Crippen LogP contribution in [0, 0.1) is 47.4 Å². The average Bonchev–Trinajstić information content (AvgIpc) is 3.00. The molecule has 0 saturated heterocycles. The first-order valence-corrected chi connectivity index (χ1v) is 17.5. The second-order valence-corrected chi connectivity index (χ2v) is 14.3. The fraction of sp³-hybridized carbons (Fsp3) is 0.556. The Balaban J connectivity index is 1.14. The van der Waals surface area contributed by atoms with Gasteiger partial charge in [-0.3, -0.25) is 0 Å². The summed E-state index contributed by atoms with van der Waals surface area (Å²) < 4.78 is 0. The first-order chi connectivity index (χ1) is 19.7. The number of benzene rings is 2. The normalized spacial score (nSPS) is 25.2. The minimum absolute atomic E-state index is 0.527. The van der Waals surface area contributed by atoms with Crippen LogP contribution in [-0.4, -0.2) is 10.1 Å². The third-order valence-electron chi connectivity index (χ3n) is 9.29. The molecule has 0 unspecified atom stereocenters. The maximum atomic E-state index is 5.01. The zero-order valence-corrected chi connectivity index (χ0v) is 25.9. The molecule has 0 radical (unpaired) electrons. The lowest BCUT2D eigenvalue weighted by Crippen LogP contribution is -2.13. The molecule has 0 spiro atoms. The molecular formula is C36H42N2S2. The van der Waals surface area contributed by atoms with Crippen LogP contribution in [0.1, 0.15) is 104 Å². The van der Waals surface area contributed by atoms with Crippen molar-refractivity contribution in [1.82, 2.24) is 0 Å². The number of aliphatic imine (C=N–C) groups is 2. The van der Waals surface area contributed by atoms with E-state index in [1.54, 1.807) is 23.5 Å². The van der Waals surface area contributed by atoms with Crippen LogP contribution < -0.4 is 0 Å². The molecule has 2 saturated carbocycles. The number of unbranched alkanes of at least 4 members (excludes halogenated alkanes) is 2. The summed E-state index contributed by atoms with van der Waals surface area (Å²) in [5.41, 5.74) is 2.07. The number of hydrogen-bond acceptors (Lipinski definition) is 4. The first kappa shape index (κ1) is 28.0. The molecule has 208 valence electrons. The van der Waals surface area contributed by atoms with Crippen molar-refractivity contribution < 1.29 is 0 Å². The highest BCUT2D eigenvalue weighted by molar-refractivity contribution is 8.15. The zero-order chi connectivity index (χ0) is 27.3. The number of rotatable bonds is 6. The quantitative estimate of drug-likeness (QED) is 0.325. The van der Waals surface area contributed by atoms with Gasteiger partial charge in [0.15, 0.2) is 10.1 Å². The smallest absolute Gasteiger partial charge is 0.152 e. The Bertz CT molecular complexity index is 1300. The monoisotopic (exact) mass is 566 g/mol. The Morgan fingerprint density at radius 2 is 1.05 bits per heavy atom. The highest BCUT2D eigenvalue weighted by Crippen LogP contribution is 2.49. The van der Waals surface area contributed by atoms with Gasteiger partial charge >= 0.3 is 0 Å².